The number of nitrogen functional groups attached to an aromatic ring is 1. The Morgan fingerprint density at radius 2 is 1.70 bits per heavy atom. The molecule has 5 N–H and O–H groups in total. The Morgan fingerprint density at radius 3 is 2.13 bits per heavy atom. The van der Waals surface area contributed by atoms with E-state index in [0.29, 0.717) is 22.6 Å². The first kappa shape index (κ1) is 24.6. The minimum Gasteiger partial charge on any atom is -0.481 e. The van der Waals surface area contributed by atoms with E-state index in [9.17, 15) is 22.8 Å². The van der Waals surface area contributed by atoms with Crippen molar-refractivity contribution in [3.05, 3.63) is 51.2 Å². The van der Waals surface area contributed by atoms with E-state index in [1.165, 1.54) is 11.3 Å². The molecule has 1 aromatic heterocycles. The molecule has 0 unspecified atom stereocenters. The summed E-state index contributed by atoms with van der Waals surface area (Å²) in [6.07, 6.45) is -4.66. The summed E-state index contributed by atoms with van der Waals surface area (Å²) in [7, 11) is 0. The average Bonchev–Trinajstić information content (AvgIpc) is 3.01. The molecule has 162 valence electrons. The second-order valence-electron chi connectivity index (χ2n) is 5.74. The predicted molar refractivity (Wildman–Crippen MR) is 101 cm³/mol. The second-order valence-corrected chi connectivity index (χ2v) is 6.88. The number of aryl methyl sites for hydroxylation is 2. The highest BCUT2D eigenvalue weighted by molar-refractivity contribution is 7.14. The van der Waals surface area contributed by atoms with Gasteiger partial charge < -0.3 is 20.7 Å². The average molecular weight is 446 g/mol. The molecular weight excluding hydrogens is 429 g/mol. The third-order valence-electron chi connectivity index (χ3n) is 3.41. The Bertz CT molecular complexity index is 938. The zero-order valence-corrected chi connectivity index (χ0v) is 16.3. The van der Waals surface area contributed by atoms with Gasteiger partial charge in [-0.15, -0.1) is 11.3 Å². The number of carbonyl (C=O) groups excluding carboxylic acids is 1. The number of alkyl halides is 3. The molecule has 2 aromatic rings. The fourth-order valence-electron chi connectivity index (χ4n) is 1.95. The lowest BCUT2D eigenvalue weighted by atomic mass is 10.2. The van der Waals surface area contributed by atoms with Crippen LogP contribution in [0.2, 0.25) is 0 Å². The highest BCUT2D eigenvalue weighted by Crippen LogP contribution is 2.25. The van der Waals surface area contributed by atoms with Crippen molar-refractivity contribution in [1.82, 2.24) is 0 Å². The van der Waals surface area contributed by atoms with Crippen LogP contribution in [0.4, 0.5) is 13.2 Å². The number of aliphatic carboxylic acids is 2. The second kappa shape index (κ2) is 10.4. The zero-order valence-electron chi connectivity index (χ0n) is 15.4. The topological polar surface area (TPSA) is 151 Å². The molecule has 0 saturated heterocycles. The Kier molecular flexibility index (Phi) is 8.53. The molecule has 1 aromatic carbocycles. The maximum atomic E-state index is 12.1. The van der Waals surface area contributed by atoms with Gasteiger partial charge in [0, 0.05) is 10.4 Å². The van der Waals surface area contributed by atoms with Crippen LogP contribution in [-0.2, 0) is 16.0 Å². The van der Waals surface area contributed by atoms with Crippen molar-refractivity contribution < 1.29 is 42.5 Å². The summed E-state index contributed by atoms with van der Waals surface area (Å²) in [4.78, 5) is 33.0. The molecule has 0 spiro atoms. The van der Waals surface area contributed by atoms with Gasteiger partial charge in [0.05, 0.1) is 6.42 Å². The van der Waals surface area contributed by atoms with Gasteiger partial charge in [-0.05, 0) is 49.2 Å². The van der Waals surface area contributed by atoms with Crippen molar-refractivity contribution in [2.24, 2.45) is 5.73 Å². The summed E-state index contributed by atoms with van der Waals surface area (Å²) in [6, 6.07) is 8.04. The summed E-state index contributed by atoms with van der Waals surface area (Å²) in [5.74, 6) is -3.81. The molecule has 0 aliphatic rings. The fourth-order valence-corrected chi connectivity index (χ4v) is 3.00. The molecule has 0 amide bonds. The molecule has 2 rings (SSSR count). The van der Waals surface area contributed by atoms with Crippen molar-refractivity contribution in [2.75, 3.05) is 0 Å². The summed E-state index contributed by atoms with van der Waals surface area (Å²) in [5.41, 5.74) is 6.79. The van der Waals surface area contributed by atoms with E-state index < -0.39 is 24.1 Å². The van der Waals surface area contributed by atoms with Crippen LogP contribution in [0.3, 0.4) is 0 Å². The van der Waals surface area contributed by atoms with Crippen molar-refractivity contribution >= 4 is 35.1 Å². The number of halogens is 3. The molecule has 0 aliphatic heterocycles. The van der Waals surface area contributed by atoms with Gasteiger partial charge in [0.2, 0.25) is 0 Å². The van der Waals surface area contributed by atoms with Crippen molar-refractivity contribution in [1.29, 1.82) is 5.41 Å². The number of thiophene rings is 1. The maximum absolute atomic E-state index is 12.1. The van der Waals surface area contributed by atoms with E-state index >= 15 is 0 Å². The summed E-state index contributed by atoms with van der Waals surface area (Å²) in [6.45, 7) is 1.84. The first-order valence-corrected chi connectivity index (χ1v) is 8.90. The highest BCUT2D eigenvalue weighted by atomic mass is 32.1. The lowest BCUT2D eigenvalue weighted by molar-refractivity contribution is -0.192. The van der Waals surface area contributed by atoms with E-state index in [2.05, 4.69) is 0 Å². The number of carboxylic acid groups (broad SMARTS) is 2. The van der Waals surface area contributed by atoms with Gasteiger partial charge in [0.25, 0.3) is 0 Å². The van der Waals surface area contributed by atoms with Crippen molar-refractivity contribution in [2.45, 2.75) is 25.9 Å². The van der Waals surface area contributed by atoms with E-state index in [-0.39, 0.29) is 12.3 Å². The number of rotatable bonds is 6. The van der Waals surface area contributed by atoms with Gasteiger partial charge in [-0.2, -0.15) is 13.2 Å². The minimum absolute atomic E-state index is 0.0301. The number of amidine groups is 1. The molecule has 8 nitrogen and oxygen atoms in total. The molecule has 0 aliphatic carbocycles. The smallest absolute Gasteiger partial charge is 0.481 e. The van der Waals surface area contributed by atoms with Crippen LogP contribution in [0, 0.1) is 12.3 Å². The van der Waals surface area contributed by atoms with Crippen molar-refractivity contribution in [3.63, 3.8) is 0 Å². The van der Waals surface area contributed by atoms with Crippen molar-refractivity contribution in [3.8, 4) is 5.75 Å². The number of carbonyl (C=O) groups is 3. The number of nitrogens with one attached hydrogen (secondary N) is 1. The van der Waals surface area contributed by atoms with Crippen LogP contribution in [0.15, 0.2) is 30.3 Å². The minimum atomic E-state index is -5.08. The monoisotopic (exact) mass is 446 g/mol. The van der Waals surface area contributed by atoms with Crippen LogP contribution in [-0.4, -0.2) is 40.1 Å². The Labute approximate surface area is 172 Å². The number of esters is 1. The number of ether oxygens (including phenoxy) is 1. The highest BCUT2D eigenvalue weighted by Gasteiger charge is 2.38. The molecule has 0 bridgehead atoms. The zero-order chi connectivity index (χ0) is 23.1. The number of carboxylic acids is 2. The van der Waals surface area contributed by atoms with E-state index in [1.807, 2.05) is 6.92 Å². The molecule has 0 saturated carbocycles. The van der Waals surface area contributed by atoms with Crippen LogP contribution in [0.1, 0.15) is 32.1 Å². The van der Waals surface area contributed by atoms with E-state index in [0.717, 1.165) is 10.4 Å². The quantitative estimate of drug-likeness (QED) is 0.230. The number of hydrogen-bond acceptors (Lipinski definition) is 6. The summed E-state index contributed by atoms with van der Waals surface area (Å²) in [5, 5.41) is 23.2. The summed E-state index contributed by atoms with van der Waals surface area (Å²) >= 11 is 1.24. The third kappa shape index (κ3) is 7.91. The van der Waals surface area contributed by atoms with Crippen LogP contribution in [0.5, 0.6) is 5.75 Å². The van der Waals surface area contributed by atoms with Gasteiger partial charge in [-0.1, -0.05) is 0 Å². The van der Waals surface area contributed by atoms with Gasteiger partial charge in [0.15, 0.2) is 0 Å². The number of benzene rings is 1. The van der Waals surface area contributed by atoms with Crippen LogP contribution < -0.4 is 10.5 Å². The molecule has 1 heterocycles. The molecule has 0 radical (unpaired) electrons. The van der Waals surface area contributed by atoms with Gasteiger partial charge >= 0.3 is 24.1 Å². The first-order chi connectivity index (χ1) is 13.8. The summed E-state index contributed by atoms with van der Waals surface area (Å²) < 4.78 is 37.0. The lowest BCUT2D eigenvalue weighted by Crippen LogP contribution is -2.21. The SMILES string of the molecule is Cc1cc(C(=O)Oc2ccc(C(=N)N)cc2)sc1CCC(=O)O.O=C(O)C(F)(F)F. The Hall–Kier alpha value is -3.41. The van der Waals surface area contributed by atoms with Crippen LogP contribution >= 0.6 is 11.3 Å². The largest absolute Gasteiger partial charge is 0.490 e. The lowest BCUT2D eigenvalue weighted by Gasteiger charge is -2.03. The first-order valence-electron chi connectivity index (χ1n) is 8.09. The Morgan fingerprint density at radius 1 is 1.17 bits per heavy atom. The fraction of sp³-hybridized carbons (Fsp3) is 0.222. The number of hydrogen-bond donors (Lipinski definition) is 4. The van der Waals surface area contributed by atoms with E-state index in [4.69, 9.17) is 30.9 Å². The van der Waals surface area contributed by atoms with Gasteiger partial charge in [-0.25, -0.2) is 9.59 Å². The van der Waals surface area contributed by atoms with Gasteiger partial charge in [0.1, 0.15) is 16.5 Å². The van der Waals surface area contributed by atoms with Crippen LogP contribution in [0.25, 0.3) is 0 Å². The van der Waals surface area contributed by atoms with E-state index in [1.54, 1.807) is 30.3 Å². The molecule has 12 heteroatoms. The standard InChI is InChI=1S/C16H16N2O4S.C2HF3O2/c1-9-8-13(23-12(9)6-7-14(19)20)16(21)22-11-4-2-10(3-5-11)15(17)18;3-2(4,5)1(6)7/h2-5,8H,6-7H2,1H3,(H3,17,18)(H,19,20);(H,6,7). The predicted octanol–water partition coefficient (Wildman–Crippen LogP) is 3.21. The molecular formula is C18H17F3N2O6S. The Balaban J connectivity index is 0.000000553. The maximum Gasteiger partial charge on any atom is 0.490 e. The molecule has 0 fully saturated rings. The molecule has 30 heavy (non-hydrogen) atoms. The molecule has 0 atom stereocenters. The number of nitrogens with two attached hydrogens (primary N) is 1. The normalized spacial score (nSPS) is 10.5. The van der Waals surface area contributed by atoms with Gasteiger partial charge in [-0.3, -0.25) is 10.2 Å². The third-order valence-corrected chi connectivity index (χ3v) is 4.68.